The summed E-state index contributed by atoms with van der Waals surface area (Å²) < 4.78 is 39.1. The lowest BCUT2D eigenvalue weighted by molar-refractivity contribution is -0.274. The Morgan fingerprint density at radius 1 is 1.40 bits per heavy atom. The summed E-state index contributed by atoms with van der Waals surface area (Å²) in [5.74, 6) is -0.343. The standard InChI is InChI=1S/C8H7F3N2O2/c9-8(10,11)15-7-3-1-2-6(4-7)5-12-13-14/h1-5,13-14H. The van der Waals surface area contributed by atoms with Crippen LogP contribution in [0.5, 0.6) is 5.75 Å². The summed E-state index contributed by atoms with van der Waals surface area (Å²) in [7, 11) is 0. The van der Waals surface area contributed by atoms with E-state index in [0.29, 0.717) is 5.56 Å². The molecule has 1 aromatic carbocycles. The Morgan fingerprint density at radius 2 is 2.13 bits per heavy atom. The van der Waals surface area contributed by atoms with Gasteiger partial charge in [-0.1, -0.05) is 12.1 Å². The van der Waals surface area contributed by atoms with E-state index in [0.717, 1.165) is 18.3 Å². The van der Waals surface area contributed by atoms with Crippen LogP contribution in [0.15, 0.2) is 29.4 Å². The van der Waals surface area contributed by atoms with Gasteiger partial charge >= 0.3 is 6.36 Å². The number of halogens is 3. The van der Waals surface area contributed by atoms with E-state index in [1.54, 1.807) is 0 Å². The maximum Gasteiger partial charge on any atom is 0.573 e. The lowest BCUT2D eigenvalue weighted by atomic mass is 10.2. The number of ether oxygens (including phenoxy) is 1. The molecule has 0 radical (unpaired) electrons. The number of rotatable bonds is 3. The first-order valence-electron chi connectivity index (χ1n) is 3.79. The van der Waals surface area contributed by atoms with E-state index in [4.69, 9.17) is 5.21 Å². The fourth-order valence-electron chi connectivity index (χ4n) is 0.895. The van der Waals surface area contributed by atoms with Crippen molar-refractivity contribution in [2.24, 2.45) is 5.10 Å². The Hall–Kier alpha value is -1.76. The molecule has 0 aliphatic rings. The maximum atomic E-state index is 11.8. The fourth-order valence-corrected chi connectivity index (χ4v) is 0.895. The molecule has 0 bridgehead atoms. The number of nitrogens with one attached hydrogen (secondary N) is 1. The van der Waals surface area contributed by atoms with E-state index in [1.165, 1.54) is 17.7 Å². The first kappa shape index (κ1) is 11.3. The van der Waals surface area contributed by atoms with Crippen LogP contribution in [-0.2, 0) is 0 Å². The van der Waals surface area contributed by atoms with Crippen molar-refractivity contribution in [3.05, 3.63) is 29.8 Å². The highest BCUT2D eigenvalue weighted by Crippen LogP contribution is 2.22. The van der Waals surface area contributed by atoms with Crippen LogP contribution in [0.3, 0.4) is 0 Å². The highest BCUT2D eigenvalue weighted by atomic mass is 19.4. The minimum Gasteiger partial charge on any atom is -0.406 e. The van der Waals surface area contributed by atoms with Crippen molar-refractivity contribution in [1.29, 1.82) is 0 Å². The first-order chi connectivity index (χ1) is 7.01. The van der Waals surface area contributed by atoms with Crippen molar-refractivity contribution in [1.82, 2.24) is 5.59 Å². The van der Waals surface area contributed by atoms with Crippen molar-refractivity contribution in [3.8, 4) is 5.75 Å². The van der Waals surface area contributed by atoms with Crippen molar-refractivity contribution in [2.75, 3.05) is 0 Å². The first-order valence-corrected chi connectivity index (χ1v) is 3.79. The van der Waals surface area contributed by atoms with E-state index in [9.17, 15) is 13.2 Å². The number of nitrogens with zero attached hydrogens (tertiary/aromatic N) is 1. The van der Waals surface area contributed by atoms with E-state index < -0.39 is 6.36 Å². The van der Waals surface area contributed by atoms with Crippen LogP contribution in [0, 0.1) is 0 Å². The summed E-state index contributed by atoms with van der Waals surface area (Å²) in [4.78, 5) is 0. The second-order valence-corrected chi connectivity index (χ2v) is 2.48. The Kier molecular flexibility index (Phi) is 3.51. The van der Waals surface area contributed by atoms with Gasteiger partial charge < -0.3 is 4.74 Å². The zero-order valence-electron chi connectivity index (χ0n) is 7.32. The zero-order valence-corrected chi connectivity index (χ0v) is 7.32. The zero-order chi connectivity index (χ0) is 11.3. The molecule has 0 spiro atoms. The number of hydrogen-bond donors (Lipinski definition) is 2. The molecule has 1 aromatic rings. The van der Waals surface area contributed by atoms with Crippen LogP contribution < -0.4 is 10.3 Å². The molecule has 0 aliphatic heterocycles. The van der Waals surface area contributed by atoms with Crippen molar-refractivity contribution >= 4 is 6.21 Å². The van der Waals surface area contributed by atoms with Gasteiger partial charge in [0.15, 0.2) is 0 Å². The molecule has 0 aromatic heterocycles. The number of alkyl halides is 3. The van der Waals surface area contributed by atoms with Crippen molar-refractivity contribution < 1.29 is 23.1 Å². The van der Waals surface area contributed by atoms with E-state index in [-0.39, 0.29) is 5.75 Å². The van der Waals surface area contributed by atoms with Crippen molar-refractivity contribution in [3.63, 3.8) is 0 Å². The molecule has 82 valence electrons. The molecule has 4 nitrogen and oxygen atoms in total. The molecule has 2 N–H and O–H groups in total. The molecule has 0 amide bonds. The Morgan fingerprint density at radius 3 is 2.73 bits per heavy atom. The average molecular weight is 220 g/mol. The normalized spacial score (nSPS) is 11.7. The van der Waals surface area contributed by atoms with Gasteiger partial charge in [-0.2, -0.15) is 10.7 Å². The van der Waals surface area contributed by atoms with Gasteiger partial charge in [-0.25, -0.2) is 0 Å². The molecule has 0 fully saturated rings. The monoisotopic (exact) mass is 220 g/mol. The minimum absolute atomic E-state index is 0.343. The average Bonchev–Trinajstić information content (AvgIpc) is 2.12. The summed E-state index contributed by atoms with van der Waals surface area (Å²) >= 11 is 0. The highest BCUT2D eigenvalue weighted by Gasteiger charge is 2.30. The molecule has 0 heterocycles. The van der Waals surface area contributed by atoms with Gasteiger partial charge in [-0.3, -0.25) is 5.21 Å². The SMILES string of the molecule is ONN=Cc1cccc(OC(F)(F)F)c1. The predicted molar refractivity (Wildman–Crippen MR) is 45.6 cm³/mol. The molecule has 0 saturated heterocycles. The maximum absolute atomic E-state index is 11.8. The quantitative estimate of drug-likeness (QED) is 0.604. The molecule has 0 saturated carbocycles. The topological polar surface area (TPSA) is 53.8 Å². The third-order valence-electron chi connectivity index (χ3n) is 1.36. The molecule has 0 aliphatic carbocycles. The van der Waals surface area contributed by atoms with E-state index >= 15 is 0 Å². The van der Waals surface area contributed by atoms with Crippen LogP contribution in [0.2, 0.25) is 0 Å². The third kappa shape index (κ3) is 4.32. The lowest BCUT2D eigenvalue weighted by Crippen LogP contribution is -2.17. The number of benzene rings is 1. The largest absolute Gasteiger partial charge is 0.573 e. The van der Waals surface area contributed by atoms with Gasteiger partial charge in [-0.15, -0.1) is 13.2 Å². The summed E-state index contributed by atoms with van der Waals surface area (Å²) in [6, 6.07) is 5.18. The van der Waals surface area contributed by atoms with Gasteiger partial charge in [0.05, 0.1) is 6.21 Å². The Bertz CT molecular complexity index is 352. The molecular weight excluding hydrogens is 213 g/mol. The molecule has 7 heteroatoms. The minimum atomic E-state index is -4.72. The third-order valence-corrected chi connectivity index (χ3v) is 1.36. The summed E-state index contributed by atoms with van der Waals surface area (Å²) in [5, 5.41) is 11.3. The van der Waals surface area contributed by atoms with Gasteiger partial charge in [0, 0.05) is 0 Å². The number of hydrazone groups is 1. The molecule has 0 atom stereocenters. The van der Waals surface area contributed by atoms with Gasteiger partial charge in [0.1, 0.15) is 5.75 Å². The predicted octanol–water partition coefficient (Wildman–Crippen LogP) is 1.90. The smallest absolute Gasteiger partial charge is 0.406 e. The molecule has 1 rings (SSSR count). The van der Waals surface area contributed by atoms with Gasteiger partial charge in [0.25, 0.3) is 0 Å². The van der Waals surface area contributed by atoms with E-state index in [1.807, 2.05) is 0 Å². The van der Waals surface area contributed by atoms with Crippen LogP contribution in [0.4, 0.5) is 13.2 Å². The van der Waals surface area contributed by atoms with Gasteiger partial charge in [-0.05, 0) is 17.7 Å². The Labute approximate surface area is 82.9 Å². The lowest BCUT2D eigenvalue weighted by Gasteiger charge is -2.08. The second-order valence-electron chi connectivity index (χ2n) is 2.48. The number of hydrogen-bond acceptors (Lipinski definition) is 4. The second kappa shape index (κ2) is 4.65. The fraction of sp³-hybridized carbons (Fsp3) is 0.125. The van der Waals surface area contributed by atoms with Crippen LogP contribution in [0.25, 0.3) is 0 Å². The summed E-state index contributed by atoms with van der Waals surface area (Å²) in [6.07, 6.45) is -3.58. The van der Waals surface area contributed by atoms with Crippen LogP contribution >= 0.6 is 0 Å². The van der Waals surface area contributed by atoms with Crippen LogP contribution in [0.1, 0.15) is 5.56 Å². The van der Waals surface area contributed by atoms with Gasteiger partial charge in [0.2, 0.25) is 0 Å². The molecule has 0 unspecified atom stereocenters. The molecule has 15 heavy (non-hydrogen) atoms. The van der Waals surface area contributed by atoms with Crippen LogP contribution in [-0.4, -0.2) is 17.8 Å². The summed E-state index contributed by atoms with van der Waals surface area (Å²) in [6.45, 7) is 0. The van der Waals surface area contributed by atoms with E-state index in [2.05, 4.69) is 9.84 Å². The highest BCUT2D eigenvalue weighted by molar-refractivity contribution is 5.79. The Balaban J connectivity index is 2.79. The summed E-state index contributed by atoms with van der Waals surface area (Å²) in [5.41, 5.74) is 1.85. The van der Waals surface area contributed by atoms with Crippen molar-refractivity contribution in [2.45, 2.75) is 6.36 Å². The molecular formula is C8H7F3N2O2.